The Morgan fingerprint density at radius 3 is 2.50 bits per heavy atom. The molecule has 0 aliphatic heterocycles. The van der Waals surface area contributed by atoms with Crippen molar-refractivity contribution in [3.05, 3.63) is 11.6 Å². The number of hydrogen-bond acceptors (Lipinski definition) is 3. The Labute approximate surface area is 202 Å². The van der Waals surface area contributed by atoms with Crippen molar-refractivity contribution < 1.29 is 19.7 Å². The zero-order chi connectivity index (χ0) is 23.6. The molecule has 0 radical (unpaired) electrons. The summed E-state index contributed by atoms with van der Waals surface area (Å²) in [5.74, 6) is 2.55. The number of fused-ring (bicyclic) bond motifs is 5. The van der Waals surface area contributed by atoms with Crippen molar-refractivity contribution in [1.82, 2.24) is 0 Å². The van der Waals surface area contributed by atoms with Crippen LogP contribution in [0.2, 0.25) is 0 Å². The van der Waals surface area contributed by atoms with Gasteiger partial charge in [-0.25, -0.2) is 4.39 Å². The lowest BCUT2D eigenvalue weighted by atomic mass is 9.46. The second-order valence-corrected chi connectivity index (χ2v) is 13.8. The fraction of sp³-hybridized carbons (Fsp3) is 0.926. The molecule has 4 aliphatic rings. The molecular formula is C27H44BrFO3. The van der Waals surface area contributed by atoms with Gasteiger partial charge < -0.3 is 15.3 Å². The van der Waals surface area contributed by atoms with Gasteiger partial charge in [-0.3, -0.25) is 0 Å². The summed E-state index contributed by atoms with van der Waals surface area (Å²) in [5.41, 5.74) is -0.000522. The van der Waals surface area contributed by atoms with E-state index in [-0.39, 0.29) is 15.7 Å². The molecular weight excluding hydrogens is 471 g/mol. The first kappa shape index (κ1) is 25.1. The SMILES string of the molecule is C[C@H](CCC(F)C(C)(C)O)[C@H]1CC[C@H]2[C@@H]3C(Br)C=C4CC(O)CC(O)[C@]4(C)[C@H]3CC[C@]12C. The van der Waals surface area contributed by atoms with E-state index in [1.165, 1.54) is 18.4 Å². The van der Waals surface area contributed by atoms with Gasteiger partial charge in [0.15, 0.2) is 0 Å². The van der Waals surface area contributed by atoms with Crippen LogP contribution in [0.15, 0.2) is 11.6 Å². The number of aliphatic hydroxyl groups excluding tert-OH is 2. The Balaban J connectivity index is 1.54. The van der Waals surface area contributed by atoms with E-state index in [9.17, 15) is 19.7 Å². The molecule has 3 fully saturated rings. The average Bonchev–Trinajstić information content (AvgIpc) is 3.04. The fourth-order valence-corrected chi connectivity index (χ4v) is 9.64. The first-order valence-corrected chi connectivity index (χ1v) is 13.8. The Morgan fingerprint density at radius 2 is 1.84 bits per heavy atom. The van der Waals surface area contributed by atoms with Gasteiger partial charge in [0.25, 0.3) is 0 Å². The van der Waals surface area contributed by atoms with Crippen LogP contribution in [0.1, 0.15) is 86.0 Å². The summed E-state index contributed by atoms with van der Waals surface area (Å²) in [7, 11) is 0. The highest BCUT2D eigenvalue weighted by molar-refractivity contribution is 9.09. The summed E-state index contributed by atoms with van der Waals surface area (Å²) < 4.78 is 14.4. The van der Waals surface area contributed by atoms with Crippen LogP contribution in [-0.2, 0) is 0 Å². The summed E-state index contributed by atoms with van der Waals surface area (Å²) in [4.78, 5) is 0.289. The monoisotopic (exact) mass is 514 g/mol. The smallest absolute Gasteiger partial charge is 0.128 e. The lowest BCUT2D eigenvalue weighted by Crippen LogP contribution is -2.58. The molecule has 184 valence electrons. The lowest BCUT2D eigenvalue weighted by Gasteiger charge is -2.60. The first-order valence-electron chi connectivity index (χ1n) is 12.9. The van der Waals surface area contributed by atoms with Crippen molar-refractivity contribution in [3.63, 3.8) is 0 Å². The van der Waals surface area contributed by atoms with Crippen LogP contribution in [0, 0.1) is 40.4 Å². The van der Waals surface area contributed by atoms with Crippen LogP contribution in [0.25, 0.3) is 0 Å². The molecule has 3 N–H and O–H groups in total. The third-order valence-corrected chi connectivity index (χ3v) is 11.4. The minimum Gasteiger partial charge on any atom is -0.393 e. The van der Waals surface area contributed by atoms with Crippen LogP contribution >= 0.6 is 15.9 Å². The molecule has 0 aromatic heterocycles. The molecule has 3 saturated carbocycles. The molecule has 5 heteroatoms. The molecule has 11 atom stereocenters. The molecule has 0 amide bonds. The minimum atomic E-state index is -1.26. The molecule has 0 heterocycles. The van der Waals surface area contributed by atoms with E-state index in [1.54, 1.807) is 13.8 Å². The second-order valence-electron chi connectivity index (χ2n) is 12.7. The van der Waals surface area contributed by atoms with Crippen LogP contribution in [0.5, 0.6) is 0 Å². The topological polar surface area (TPSA) is 60.7 Å². The van der Waals surface area contributed by atoms with Gasteiger partial charge in [0, 0.05) is 16.7 Å². The molecule has 0 aromatic carbocycles. The third kappa shape index (κ3) is 3.95. The number of allylic oxidation sites excluding steroid dienone is 1. The van der Waals surface area contributed by atoms with Crippen molar-refractivity contribution in [3.8, 4) is 0 Å². The quantitative estimate of drug-likeness (QED) is 0.321. The van der Waals surface area contributed by atoms with Gasteiger partial charge >= 0.3 is 0 Å². The largest absolute Gasteiger partial charge is 0.393 e. The molecule has 3 nitrogen and oxygen atoms in total. The van der Waals surface area contributed by atoms with Crippen molar-refractivity contribution in [1.29, 1.82) is 0 Å². The highest BCUT2D eigenvalue weighted by atomic mass is 79.9. The fourth-order valence-electron chi connectivity index (χ4n) is 8.59. The third-order valence-electron chi connectivity index (χ3n) is 10.6. The Morgan fingerprint density at radius 1 is 1.16 bits per heavy atom. The van der Waals surface area contributed by atoms with E-state index in [2.05, 4.69) is 42.8 Å². The maximum atomic E-state index is 14.4. The highest BCUT2D eigenvalue weighted by Crippen LogP contribution is 2.68. The molecule has 32 heavy (non-hydrogen) atoms. The summed E-state index contributed by atoms with van der Waals surface area (Å²) in [5, 5.41) is 31.4. The van der Waals surface area contributed by atoms with Crippen molar-refractivity contribution in [2.24, 2.45) is 40.4 Å². The summed E-state index contributed by atoms with van der Waals surface area (Å²) in [6, 6.07) is 0. The summed E-state index contributed by atoms with van der Waals surface area (Å²) in [6.45, 7) is 10.2. The molecule has 0 aromatic rings. The van der Waals surface area contributed by atoms with Crippen molar-refractivity contribution >= 4 is 15.9 Å². The molecule has 4 aliphatic carbocycles. The van der Waals surface area contributed by atoms with Gasteiger partial charge in [0.05, 0.1) is 17.8 Å². The summed E-state index contributed by atoms with van der Waals surface area (Å²) >= 11 is 4.03. The van der Waals surface area contributed by atoms with E-state index in [4.69, 9.17) is 0 Å². The van der Waals surface area contributed by atoms with E-state index >= 15 is 0 Å². The van der Waals surface area contributed by atoms with E-state index < -0.39 is 24.0 Å². The molecule has 0 saturated heterocycles. The van der Waals surface area contributed by atoms with Gasteiger partial charge in [0.1, 0.15) is 6.17 Å². The molecule has 0 bridgehead atoms. The van der Waals surface area contributed by atoms with Crippen LogP contribution < -0.4 is 0 Å². The number of aliphatic hydroxyl groups is 3. The Kier molecular flexibility index (Phi) is 6.76. The van der Waals surface area contributed by atoms with Gasteiger partial charge in [-0.05, 0) is 93.8 Å². The molecule has 4 unspecified atom stereocenters. The maximum absolute atomic E-state index is 14.4. The lowest BCUT2D eigenvalue weighted by molar-refractivity contribution is -0.106. The van der Waals surface area contributed by atoms with E-state index in [0.717, 1.165) is 19.3 Å². The average molecular weight is 516 g/mol. The second kappa shape index (κ2) is 8.60. The van der Waals surface area contributed by atoms with Crippen molar-refractivity contribution in [2.75, 3.05) is 0 Å². The molecule has 0 spiro atoms. The van der Waals surface area contributed by atoms with Gasteiger partial charge in [0.2, 0.25) is 0 Å². The van der Waals surface area contributed by atoms with E-state index in [1.807, 2.05) is 0 Å². The van der Waals surface area contributed by atoms with Crippen molar-refractivity contribution in [2.45, 2.75) is 115 Å². The first-order chi connectivity index (χ1) is 14.8. The number of hydrogen-bond donors (Lipinski definition) is 3. The Bertz CT molecular complexity index is 735. The minimum absolute atomic E-state index is 0.229. The predicted molar refractivity (Wildman–Crippen MR) is 130 cm³/mol. The maximum Gasteiger partial charge on any atom is 0.128 e. The van der Waals surface area contributed by atoms with Crippen LogP contribution in [0.4, 0.5) is 4.39 Å². The zero-order valence-corrected chi connectivity index (χ0v) is 22.1. The van der Waals surface area contributed by atoms with Crippen LogP contribution in [-0.4, -0.2) is 44.1 Å². The zero-order valence-electron chi connectivity index (χ0n) is 20.5. The number of rotatable bonds is 5. The molecule has 4 rings (SSSR count). The standard InChI is InChI=1S/C27H44BrFO3/c1-15(6-9-22(29)25(2,3)32)18-7-8-19-24-20(10-11-26(18,19)4)27(5)16(13-21(24)28)12-17(30)14-23(27)31/h13,15,17-24,30-32H,6-12,14H2,1-5H3/t15-,17?,18-,19+,20+,21?,22?,23?,24+,26-,27+/m1/s1. The van der Waals surface area contributed by atoms with Gasteiger partial charge in [-0.1, -0.05) is 48.4 Å². The van der Waals surface area contributed by atoms with Gasteiger partial charge in [-0.15, -0.1) is 0 Å². The van der Waals surface area contributed by atoms with Gasteiger partial charge in [-0.2, -0.15) is 0 Å². The highest BCUT2D eigenvalue weighted by Gasteiger charge is 2.62. The predicted octanol–water partition coefficient (Wildman–Crippen LogP) is 5.80. The van der Waals surface area contributed by atoms with E-state index in [0.29, 0.717) is 48.9 Å². The summed E-state index contributed by atoms with van der Waals surface area (Å²) in [6.07, 6.45) is 7.32. The number of halogens is 2. The Hall–Kier alpha value is 0.0300. The van der Waals surface area contributed by atoms with Crippen LogP contribution in [0.3, 0.4) is 0 Å². The normalized spacial score (nSPS) is 48.3. The number of alkyl halides is 2.